The number of hydrogen-bond acceptors (Lipinski definition) is 6. The van der Waals surface area contributed by atoms with Crippen molar-refractivity contribution in [3.05, 3.63) is 0 Å². The highest BCUT2D eigenvalue weighted by Gasteiger charge is 2.19. The maximum atomic E-state index is 12.8. The van der Waals surface area contributed by atoms with Crippen molar-refractivity contribution < 1.29 is 28.6 Å². The summed E-state index contributed by atoms with van der Waals surface area (Å²) in [6.07, 6.45) is 46.6. The van der Waals surface area contributed by atoms with Crippen LogP contribution in [0, 0.1) is 11.8 Å². The number of rotatable bonds is 47. The molecule has 0 bridgehead atoms. The molecule has 6 nitrogen and oxygen atoms in total. The molecule has 0 saturated heterocycles. The minimum absolute atomic E-state index is 0.0638. The van der Waals surface area contributed by atoms with Gasteiger partial charge in [-0.2, -0.15) is 0 Å². The average molecular weight is 835 g/mol. The Bertz CT molecular complexity index is 902. The molecule has 0 aliphatic carbocycles. The fraction of sp³-hybridized carbons (Fsp3) is 0.943. The van der Waals surface area contributed by atoms with Crippen LogP contribution in [0.1, 0.15) is 291 Å². The van der Waals surface area contributed by atoms with E-state index in [9.17, 15) is 14.4 Å². The number of ether oxygens (including phenoxy) is 3. The minimum atomic E-state index is -0.761. The van der Waals surface area contributed by atoms with Crippen molar-refractivity contribution in [1.29, 1.82) is 0 Å². The second kappa shape index (κ2) is 45.9. The van der Waals surface area contributed by atoms with Crippen LogP contribution in [0.25, 0.3) is 0 Å². The van der Waals surface area contributed by atoms with Crippen molar-refractivity contribution in [2.45, 2.75) is 298 Å². The van der Waals surface area contributed by atoms with Crippen molar-refractivity contribution in [2.24, 2.45) is 11.8 Å². The van der Waals surface area contributed by atoms with Gasteiger partial charge in [0.2, 0.25) is 0 Å². The molecular weight excluding hydrogens is 733 g/mol. The lowest BCUT2D eigenvalue weighted by Gasteiger charge is -2.18. The molecule has 0 fully saturated rings. The molecule has 0 aromatic carbocycles. The van der Waals surface area contributed by atoms with Gasteiger partial charge >= 0.3 is 17.9 Å². The summed E-state index contributed by atoms with van der Waals surface area (Å²) >= 11 is 0. The van der Waals surface area contributed by atoms with Gasteiger partial charge in [0.1, 0.15) is 13.2 Å². The zero-order chi connectivity index (χ0) is 43.3. The second-order valence-corrected chi connectivity index (χ2v) is 18.9. The van der Waals surface area contributed by atoms with Crippen molar-refractivity contribution in [1.82, 2.24) is 0 Å². The molecule has 0 rings (SSSR count). The molecule has 0 aromatic rings. The third kappa shape index (κ3) is 45.8. The van der Waals surface area contributed by atoms with Crippen LogP contribution in [0.3, 0.4) is 0 Å². The van der Waals surface area contributed by atoms with Crippen molar-refractivity contribution in [3.63, 3.8) is 0 Å². The van der Waals surface area contributed by atoms with Crippen LogP contribution in [0.5, 0.6) is 0 Å². The first kappa shape index (κ1) is 57.4. The fourth-order valence-corrected chi connectivity index (χ4v) is 7.96. The molecule has 350 valence electrons. The Morgan fingerprint density at radius 2 is 0.644 bits per heavy atom. The quantitative estimate of drug-likeness (QED) is 0.0345. The molecule has 1 unspecified atom stereocenters. The van der Waals surface area contributed by atoms with Gasteiger partial charge in [0.05, 0.1) is 0 Å². The Balaban J connectivity index is 4.27. The van der Waals surface area contributed by atoms with E-state index in [0.717, 1.165) is 69.6 Å². The smallest absolute Gasteiger partial charge is 0.306 e. The number of carbonyl (C=O) groups excluding carboxylic acids is 3. The zero-order valence-electron chi connectivity index (χ0n) is 40.4. The van der Waals surface area contributed by atoms with Gasteiger partial charge in [-0.25, -0.2) is 0 Å². The molecule has 0 heterocycles. The number of hydrogen-bond donors (Lipinski definition) is 0. The van der Waals surface area contributed by atoms with Gasteiger partial charge in [-0.15, -0.1) is 0 Å². The normalized spacial score (nSPS) is 12.5. The van der Waals surface area contributed by atoms with E-state index in [0.29, 0.717) is 19.3 Å². The summed E-state index contributed by atoms with van der Waals surface area (Å²) in [5.41, 5.74) is 0. The van der Waals surface area contributed by atoms with Crippen LogP contribution in [0.4, 0.5) is 0 Å². The maximum absolute atomic E-state index is 12.8. The summed E-state index contributed by atoms with van der Waals surface area (Å²) in [6, 6.07) is 0. The average Bonchev–Trinajstić information content (AvgIpc) is 3.22. The van der Waals surface area contributed by atoms with E-state index in [2.05, 4.69) is 34.6 Å². The zero-order valence-corrected chi connectivity index (χ0v) is 40.4. The van der Waals surface area contributed by atoms with Gasteiger partial charge in [-0.1, -0.05) is 253 Å². The molecule has 2 atom stereocenters. The molecule has 59 heavy (non-hydrogen) atoms. The first-order valence-electron chi connectivity index (χ1n) is 26.3. The van der Waals surface area contributed by atoms with Crippen LogP contribution in [-0.2, 0) is 28.6 Å². The predicted octanol–water partition coefficient (Wildman–Crippen LogP) is 16.9. The molecular formula is C53H102O6. The van der Waals surface area contributed by atoms with Crippen LogP contribution in [0.2, 0.25) is 0 Å². The maximum Gasteiger partial charge on any atom is 0.306 e. The van der Waals surface area contributed by atoms with Gasteiger partial charge in [0.25, 0.3) is 0 Å². The second-order valence-electron chi connectivity index (χ2n) is 18.9. The summed E-state index contributed by atoms with van der Waals surface area (Å²) in [7, 11) is 0. The molecule has 0 amide bonds. The molecule has 0 N–H and O–H groups in total. The summed E-state index contributed by atoms with van der Waals surface area (Å²) in [6.45, 7) is 11.4. The highest BCUT2D eigenvalue weighted by molar-refractivity contribution is 5.71. The van der Waals surface area contributed by atoms with Crippen LogP contribution in [-0.4, -0.2) is 37.2 Å². The minimum Gasteiger partial charge on any atom is -0.462 e. The lowest BCUT2D eigenvalue weighted by atomic mass is 9.99. The fourth-order valence-electron chi connectivity index (χ4n) is 7.96. The molecule has 0 aliphatic heterocycles. The molecule has 0 saturated carbocycles. The first-order valence-corrected chi connectivity index (χ1v) is 26.3. The topological polar surface area (TPSA) is 78.9 Å². The third-order valence-electron chi connectivity index (χ3n) is 12.3. The highest BCUT2D eigenvalue weighted by atomic mass is 16.6. The standard InChI is InChI=1S/C53H102O6/c1-6-8-9-10-11-12-13-19-23-30-35-40-45-53(56)59-50(47-58-52(55)44-39-34-29-25-24-26-31-36-41-48(3)4)46-57-51(54)43-38-33-28-22-20-17-15-14-16-18-21-27-32-37-42-49(5)7-2/h48-50H,6-47H2,1-5H3/t49?,50-/m1/s1. The van der Waals surface area contributed by atoms with E-state index in [1.807, 2.05) is 0 Å². The Morgan fingerprint density at radius 3 is 0.966 bits per heavy atom. The molecule has 6 heteroatoms. The summed E-state index contributed by atoms with van der Waals surface area (Å²) < 4.78 is 16.8. The van der Waals surface area contributed by atoms with Crippen LogP contribution < -0.4 is 0 Å². The van der Waals surface area contributed by atoms with Gasteiger partial charge in [0.15, 0.2) is 6.10 Å². The van der Waals surface area contributed by atoms with Gasteiger partial charge in [-0.3, -0.25) is 14.4 Å². The molecule has 0 aliphatic rings. The predicted molar refractivity (Wildman–Crippen MR) is 252 cm³/mol. The van der Waals surface area contributed by atoms with Crippen molar-refractivity contribution in [3.8, 4) is 0 Å². The van der Waals surface area contributed by atoms with E-state index in [-0.39, 0.29) is 31.1 Å². The van der Waals surface area contributed by atoms with Crippen LogP contribution >= 0.6 is 0 Å². The van der Waals surface area contributed by atoms with Gasteiger partial charge in [-0.05, 0) is 31.1 Å². The lowest BCUT2D eigenvalue weighted by Crippen LogP contribution is -2.30. The van der Waals surface area contributed by atoms with E-state index in [1.54, 1.807) is 0 Å². The summed E-state index contributed by atoms with van der Waals surface area (Å²) in [5.74, 6) is 0.843. The summed E-state index contributed by atoms with van der Waals surface area (Å²) in [4.78, 5) is 37.9. The Hall–Kier alpha value is -1.59. The van der Waals surface area contributed by atoms with Crippen molar-refractivity contribution in [2.75, 3.05) is 13.2 Å². The number of esters is 3. The van der Waals surface area contributed by atoms with E-state index in [1.165, 1.54) is 180 Å². The first-order chi connectivity index (χ1) is 28.8. The SMILES string of the molecule is CCCCCCCCCCCCCCC(=O)O[C@H](COC(=O)CCCCCCCCCCCCCCCCC(C)CC)COC(=O)CCCCCCCCCCC(C)C. The van der Waals surface area contributed by atoms with Gasteiger partial charge in [0, 0.05) is 19.3 Å². The van der Waals surface area contributed by atoms with Crippen LogP contribution in [0.15, 0.2) is 0 Å². The van der Waals surface area contributed by atoms with Gasteiger partial charge < -0.3 is 14.2 Å². The van der Waals surface area contributed by atoms with Crippen molar-refractivity contribution >= 4 is 17.9 Å². The van der Waals surface area contributed by atoms with E-state index < -0.39 is 6.10 Å². The number of unbranched alkanes of at least 4 members (excludes halogenated alkanes) is 31. The summed E-state index contributed by atoms with van der Waals surface area (Å²) in [5, 5.41) is 0. The number of carbonyl (C=O) groups is 3. The molecule has 0 radical (unpaired) electrons. The lowest BCUT2D eigenvalue weighted by molar-refractivity contribution is -0.167. The third-order valence-corrected chi connectivity index (χ3v) is 12.3. The highest BCUT2D eigenvalue weighted by Crippen LogP contribution is 2.18. The Labute approximate surface area is 368 Å². The molecule has 0 aromatic heterocycles. The van der Waals surface area contributed by atoms with E-state index in [4.69, 9.17) is 14.2 Å². The Kier molecular flexibility index (Phi) is 44.7. The Morgan fingerprint density at radius 1 is 0.356 bits per heavy atom. The molecule has 0 spiro atoms. The monoisotopic (exact) mass is 835 g/mol. The van der Waals surface area contributed by atoms with E-state index >= 15 is 0 Å². The largest absolute Gasteiger partial charge is 0.462 e.